The minimum absolute atomic E-state index is 0.0187. The smallest absolute Gasteiger partial charge is 0.215 e. The zero-order chi connectivity index (χ0) is 22.6. The van der Waals surface area contributed by atoms with Crippen LogP contribution in [0.3, 0.4) is 0 Å². The number of hydrogen-bond donors (Lipinski definition) is 1. The van der Waals surface area contributed by atoms with E-state index < -0.39 is 10.0 Å². The van der Waals surface area contributed by atoms with Gasteiger partial charge in [-0.15, -0.1) is 0 Å². The van der Waals surface area contributed by atoms with Crippen LogP contribution in [0.4, 0.5) is 0 Å². The van der Waals surface area contributed by atoms with Crippen molar-refractivity contribution in [3.63, 3.8) is 0 Å². The molecule has 1 unspecified atom stereocenters. The first-order chi connectivity index (χ1) is 15.5. The highest BCUT2D eigenvalue weighted by Crippen LogP contribution is 2.30. The molecule has 1 atom stereocenters. The summed E-state index contributed by atoms with van der Waals surface area (Å²) in [7, 11) is -0.441. The summed E-state index contributed by atoms with van der Waals surface area (Å²) >= 11 is 1.63. The Labute approximate surface area is 193 Å². The molecule has 1 N–H and O–H groups in total. The van der Waals surface area contributed by atoms with Gasteiger partial charge in [-0.2, -0.15) is 11.3 Å². The van der Waals surface area contributed by atoms with Crippen LogP contribution in [0, 0.1) is 0 Å². The normalized spacial score (nSPS) is 15.2. The van der Waals surface area contributed by atoms with Gasteiger partial charge in [0.25, 0.3) is 0 Å². The van der Waals surface area contributed by atoms with Gasteiger partial charge in [-0.1, -0.05) is 30.3 Å². The number of fused-ring (bicyclic) bond motifs is 1. The topological polar surface area (TPSA) is 67.9 Å². The minimum Gasteiger partial charge on any atom is -0.493 e. The van der Waals surface area contributed by atoms with Crippen LogP contribution in [-0.4, -0.2) is 40.6 Å². The molecule has 0 spiro atoms. The number of sulfonamides is 1. The summed E-state index contributed by atoms with van der Waals surface area (Å²) in [5.74, 6) is 0.972. The molecule has 2 aromatic carbocycles. The van der Waals surface area contributed by atoms with E-state index in [9.17, 15) is 8.42 Å². The Hall–Kier alpha value is -2.39. The van der Waals surface area contributed by atoms with Crippen LogP contribution in [0.2, 0.25) is 0 Å². The molecule has 0 amide bonds. The van der Waals surface area contributed by atoms with Crippen LogP contribution in [0.1, 0.15) is 28.3 Å². The van der Waals surface area contributed by atoms with Gasteiger partial charge in [0.1, 0.15) is 0 Å². The average molecular weight is 473 g/mol. The fraction of sp³-hybridized carbons (Fsp3) is 0.333. The van der Waals surface area contributed by atoms with Gasteiger partial charge in [0.2, 0.25) is 10.0 Å². The summed E-state index contributed by atoms with van der Waals surface area (Å²) in [6.07, 6.45) is 0.967. The lowest BCUT2D eigenvalue weighted by molar-refractivity contribution is 0.180. The lowest BCUT2D eigenvalue weighted by atomic mass is 9.97. The molecule has 0 saturated heterocycles. The number of methoxy groups -OCH3 is 2. The number of nitrogens with zero attached hydrogens (tertiary/aromatic N) is 1. The maximum Gasteiger partial charge on any atom is 0.215 e. The zero-order valence-corrected chi connectivity index (χ0v) is 19.9. The fourth-order valence-corrected chi connectivity index (χ4v) is 5.99. The number of benzene rings is 2. The Bertz CT molecular complexity index is 1150. The molecule has 8 heteroatoms. The van der Waals surface area contributed by atoms with E-state index in [1.54, 1.807) is 36.6 Å². The molecular weight excluding hydrogens is 444 g/mol. The van der Waals surface area contributed by atoms with Crippen LogP contribution < -0.4 is 14.2 Å². The lowest BCUT2D eigenvalue weighted by Crippen LogP contribution is -2.40. The van der Waals surface area contributed by atoms with Gasteiger partial charge in [-0.05, 0) is 57.6 Å². The maximum absolute atomic E-state index is 12.9. The van der Waals surface area contributed by atoms with Crippen molar-refractivity contribution in [2.75, 3.05) is 27.3 Å². The van der Waals surface area contributed by atoms with Crippen LogP contribution in [0.25, 0.3) is 0 Å². The second-order valence-corrected chi connectivity index (χ2v) is 10.4. The summed E-state index contributed by atoms with van der Waals surface area (Å²) in [5, 5.41) is 4.15. The van der Waals surface area contributed by atoms with E-state index in [0.717, 1.165) is 25.1 Å². The number of ether oxygens (including phenoxy) is 2. The van der Waals surface area contributed by atoms with Gasteiger partial charge >= 0.3 is 0 Å². The van der Waals surface area contributed by atoms with Crippen molar-refractivity contribution in [3.8, 4) is 11.5 Å². The molecule has 0 aliphatic carbocycles. The molecule has 170 valence electrons. The van der Waals surface area contributed by atoms with E-state index in [2.05, 4.69) is 45.3 Å². The van der Waals surface area contributed by atoms with Gasteiger partial charge in [0.15, 0.2) is 11.5 Å². The van der Waals surface area contributed by atoms with Crippen LogP contribution in [-0.2, 0) is 28.7 Å². The molecule has 0 bridgehead atoms. The van der Waals surface area contributed by atoms with Gasteiger partial charge in [-0.3, -0.25) is 4.90 Å². The quantitative estimate of drug-likeness (QED) is 0.510. The molecule has 3 aromatic rings. The SMILES string of the molecule is COc1ccc(CS(=O)(=O)NCC(c2ccsc2)N2CCc3ccccc3C2)cc1OC. The van der Waals surface area contributed by atoms with E-state index >= 15 is 0 Å². The molecule has 1 aliphatic rings. The Balaban J connectivity index is 1.48. The highest BCUT2D eigenvalue weighted by molar-refractivity contribution is 7.88. The van der Waals surface area contributed by atoms with Crippen molar-refractivity contribution in [2.45, 2.75) is 24.8 Å². The van der Waals surface area contributed by atoms with Gasteiger partial charge in [-0.25, -0.2) is 13.1 Å². The van der Waals surface area contributed by atoms with Crippen LogP contribution in [0.5, 0.6) is 11.5 Å². The summed E-state index contributed by atoms with van der Waals surface area (Å²) in [4.78, 5) is 2.36. The van der Waals surface area contributed by atoms with E-state index in [-0.39, 0.29) is 11.8 Å². The van der Waals surface area contributed by atoms with E-state index in [1.807, 2.05) is 5.38 Å². The third-order valence-electron chi connectivity index (χ3n) is 5.83. The van der Waals surface area contributed by atoms with Gasteiger partial charge in [0.05, 0.1) is 20.0 Å². The van der Waals surface area contributed by atoms with Gasteiger partial charge < -0.3 is 9.47 Å². The summed E-state index contributed by atoms with van der Waals surface area (Å²) in [5.41, 5.74) is 4.48. The monoisotopic (exact) mass is 472 g/mol. The van der Waals surface area contributed by atoms with Crippen molar-refractivity contribution in [3.05, 3.63) is 81.5 Å². The molecule has 6 nitrogen and oxygen atoms in total. The zero-order valence-electron chi connectivity index (χ0n) is 18.3. The van der Waals surface area contributed by atoms with E-state index in [0.29, 0.717) is 23.6 Å². The highest BCUT2D eigenvalue weighted by atomic mass is 32.2. The molecule has 0 fully saturated rings. The molecule has 32 heavy (non-hydrogen) atoms. The first-order valence-corrected chi connectivity index (χ1v) is 13.1. The number of rotatable bonds is 9. The summed E-state index contributed by atoms with van der Waals surface area (Å²) in [6.45, 7) is 2.04. The average Bonchev–Trinajstić information content (AvgIpc) is 3.33. The molecule has 0 saturated carbocycles. The van der Waals surface area contributed by atoms with Crippen LogP contribution >= 0.6 is 11.3 Å². The Kier molecular flexibility index (Phi) is 7.15. The Morgan fingerprint density at radius 1 is 1.06 bits per heavy atom. The fourth-order valence-electron chi connectivity index (χ4n) is 4.15. The lowest BCUT2D eigenvalue weighted by Gasteiger charge is -2.35. The molecule has 4 rings (SSSR count). The van der Waals surface area contributed by atoms with Crippen molar-refractivity contribution >= 4 is 21.4 Å². The molecule has 2 heterocycles. The maximum atomic E-state index is 12.9. The second kappa shape index (κ2) is 10.0. The van der Waals surface area contributed by atoms with Crippen molar-refractivity contribution in [2.24, 2.45) is 0 Å². The van der Waals surface area contributed by atoms with Gasteiger partial charge in [0, 0.05) is 25.7 Å². The third-order valence-corrected chi connectivity index (χ3v) is 7.85. The number of thiophene rings is 1. The molecule has 0 radical (unpaired) electrons. The van der Waals surface area contributed by atoms with Crippen molar-refractivity contribution < 1.29 is 17.9 Å². The van der Waals surface area contributed by atoms with Crippen LogP contribution in [0.15, 0.2) is 59.3 Å². The number of hydrogen-bond acceptors (Lipinski definition) is 6. The minimum atomic E-state index is -3.53. The number of nitrogens with one attached hydrogen (secondary N) is 1. The largest absolute Gasteiger partial charge is 0.493 e. The standard InChI is InChI=1S/C24H28N2O4S2/c1-29-23-8-7-18(13-24(23)30-2)17-32(27,28)25-14-22(21-10-12-31-16-21)26-11-9-19-5-3-4-6-20(19)15-26/h3-8,10,12-13,16,22,25H,9,11,14-15,17H2,1-2H3. The molecular formula is C24H28N2O4S2. The predicted octanol–water partition coefficient (Wildman–Crippen LogP) is 3.98. The molecule has 1 aliphatic heterocycles. The Morgan fingerprint density at radius 3 is 2.56 bits per heavy atom. The second-order valence-electron chi connectivity index (χ2n) is 7.86. The summed E-state index contributed by atoms with van der Waals surface area (Å²) < 4.78 is 39.2. The molecule has 1 aromatic heterocycles. The van der Waals surface area contributed by atoms with E-state index in [4.69, 9.17) is 9.47 Å². The first-order valence-electron chi connectivity index (χ1n) is 10.5. The summed E-state index contributed by atoms with van der Waals surface area (Å²) in [6, 6.07) is 15.7. The third kappa shape index (κ3) is 5.32. The highest BCUT2D eigenvalue weighted by Gasteiger charge is 2.26. The van der Waals surface area contributed by atoms with Crippen molar-refractivity contribution in [1.29, 1.82) is 0 Å². The Morgan fingerprint density at radius 2 is 1.84 bits per heavy atom. The van der Waals surface area contributed by atoms with E-state index in [1.165, 1.54) is 18.2 Å². The predicted molar refractivity (Wildman–Crippen MR) is 128 cm³/mol. The van der Waals surface area contributed by atoms with Crippen molar-refractivity contribution in [1.82, 2.24) is 9.62 Å². The first kappa shape index (κ1) is 22.8.